The minimum absolute atomic E-state index is 0.0286. The van der Waals surface area contributed by atoms with E-state index >= 15 is 0 Å². The van der Waals surface area contributed by atoms with Crippen LogP contribution in [-0.4, -0.2) is 52.3 Å². The van der Waals surface area contributed by atoms with Gasteiger partial charge in [-0.3, -0.25) is 9.13 Å². The van der Waals surface area contributed by atoms with E-state index in [1.807, 2.05) is 9.13 Å². The molecule has 0 radical (unpaired) electrons. The second-order valence-electron chi connectivity index (χ2n) is 7.95. The number of nitrogens with zero attached hydrogens (tertiary/aromatic N) is 8. The monoisotopic (exact) mass is 525 g/mol. The average molecular weight is 527 g/mol. The summed E-state index contributed by atoms with van der Waals surface area (Å²) in [5.74, 6) is 0.301. The van der Waals surface area contributed by atoms with Crippen LogP contribution < -0.4 is 5.73 Å². The van der Waals surface area contributed by atoms with Crippen LogP contribution in [0.4, 0.5) is 5.82 Å². The van der Waals surface area contributed by atoms with Crippen molar-refractivity contribution in [1.29, 1.82) is 0 Å². The quantitative estimate of drug-likeness (QED) is 0.294. The number of aromatic nitrogens is 8. The number of ether oxygens (including phenoxy) is 2. The molecule has 6 heterocycles. The van der Waals surface area contributed by atoms with Crippen LogP contribution in [-0.2, 0) is 9.47 Å². The maximum atomic E-state index is 5.96. The SMILES string of the molecule is Clc1nc(Cl)c2ncn(C3CCCCO3)c2n1.Nc1nc(Cl)nc2c1ncn2C1CCCCO1. The molecule has 0 aliphatic carbocycles. The topological polar surface area (TPSA) is 132 Å². The van der Waals surface area contributed by atoms with E-state index in [1.54, 1.807) is 12.7 Å². The Hall–Kier alpha value is -2.31. The molecule has 2 aliphatic heterocycles. The molecule has 0 spiro atoms. The molecule has 6 rings (SSSR count). The molecular formula is C20H22Cl3N9O2. The fourth-order valence-electron chi connectivity index (χ4n) is 4.08. The fraction of sp³-hybridized carbons (Fsp3) is 0.500. The summed E-state index contributed by atoms with van der Waals surface area (Å²) in [4.78, 5) is 24.5. The Balaban J connectivity index is 0.000000142. The Kier molecular flexibility index (Phi) is 6.98. The number of anilines is 1. The number of hydrogen-bond acceptors (Lipinski definition) is 9. The maximum Gasteiger partial charge on any atom is 0.226 e. The molecule has 0 saturated carbocycles. The Morgan fingerprint density at radius 2 is 1.26 bits per heavy atom. The molecule has 11 nitrogen and oxygen atoms in total. The summed E-state index contributed by atoms with van der Waals surface area (Å²) in [5, 5.41) is 0.530. The van der Waals surface area contributed by atoms with Gasteiger partial charge in [-0.1, -0.05) is 11.6 Å². The molecular weight excluding hydrogens is 505 g/mol. The van der Waals surface area contributed by atoms with Gasteiger partial charge in [-0.2, -0.15) is 15.0 Å². The second-order valence-corrected chi connectivity index (χ2v) is 8.99. The number of halogens is 3. The Bertz CT molecular complexity index is 1200. The lowest BCUT2D eigenvalue weighted by molar-refractivity contribution is -0.0299. The lowest BCUT2D eigenvalue weighted by Gasteiger charge is -2.23. The van der Waals surface area contributed by atoms with E-state index in [0.29, 0.717) is 28.1 Å². The molecule has 2 saturated heterocycles. The van der Waals surface area contributed by atoms with E-state index in [2.05, 4.69) is 29.9 Å². The predicted octanol–water partition coefficient (Wildman–Crippen LogP) is 4.59. The lowest BCUT2D eigenvalue weighted by atomic mass is 10.2. The molecule has 34 heavy (non-hydrogen) atoms. The van der Waals surface area contributed by atoms with Crippen molar-refractivity contribution in [1.82, 2.24) is 39.0 Å². The third kappa shape index (κ3) is 4.76. The summed E-state index contributed by atoms with van der Waals surface area (Å²) in [6, 6.07) is 0. The first-order valence-electron chi connectivity index (χ1n) is 11.0. The summed E-state index contributed by atoms with van der Waals surface area (Å²) in [6.07, 6.45) is 9.67. The van der Waals surface area contributed by atoms with Gasteiger partial charge in [0, 0.05) is 13.2 Å². The van der Waals surface area contributed by atoms with Crippen molar-refractivity contribution in [3.8, 4) is 0 Å². The zero-order valence-corrected chi connectivity index (χ0v) is 20.3. The minimum atomic E-state index is -0.0317. The molecule has 2 aliphatic rings. The first-order valence-corrected chi connectivity index (χ1v) is 12.1. The highest BCUT2D eigenvalue weighted by atomic mass is 35.5. The standard InChI is InChI=1S/C10H10Cl2N4O.C10H12ClN5O/c11-8-7-9(15-10(12)14-8)16(5-13-7)6-3-1-2-4-17-6;11-10-14-8(12)7-9(15-10)16(5-13-7)6-3-1-2-4-17-6/h5-6H,1-4H2;5-6H,1-4H2,(H2,12,14,15). The molecule has 0 aromatic carbocycles. The lowest BCUT2D eigenvalue weighted by Crippen LogP contribution is -2.17. The molecule has 4 aromatic heterocycles. The Labute approximate surface area is 209 Å². The number of hydrogen-bond donors (Lipinski definition) is 1. The van der Waals surface area contributed by atoms with Crippen LogP contribution in [0.5, 0.6) is 0 Å². The molecule has 2 atom stereocenters. The highest BCUT2D eigenvalue weighted by Gasteiger charge is 2.21. The largest absolute Gasteiger partial charge is 0.382 e. The average Bonchev–Trinajstić information content (AvgIpc) is 3.45. The van der Waals surface area contributed by atoms with Gasteiger partial charge in [0.05, 0.1) is 12.7 Å². The third-order valence-corrected chi connectivity index (χ3v) is 6.31. The molecule has 180 valence electrons. The summed E-state index contributed by atoms with van der Waals surface area (Å²) >= 11 is 17.6. The van der Waals surface area contributed by atoms with Crippen molar-refractivity contribution in [3.63, 3.8) is 0 Å². The normalized spacial score (nSPS) is 20.9. The van der Waals surface area contributed by atoms with Crippen LogP contribution in [0.25, 0.3) is 22.3 Å². The number of nitrogens with two attached hydrogens (primary N) is 1. The molecule has 14 heteroatoms. The highest BCUT2D eigenvalue weighted by molar-refractivity contribution is 6.35. The first kappa shape index (κ1) is 23.4. The summed E-state index contributed by atoms with van der Waals surface area (Å²) in [7, 11) is 0. The van der Waals surface area contributed by atoms with Gasteiger partial charge < -0.3 is 15.2 Å². The molecule has 0 bridgehead atoms. The van der Waals surface area contributed by atoms with E-state index in [1.165, 1.54) is 0 Å². The predicted molar refractivity (Wildman–Crippen MR) is 128 cm³/mol. The van der Waals surface area contributed by atoms with E-state index in [4.69, 9.17) is 50.0 Å². The Morgan fingerprint density at radius 3 is 1.82 bits per heavy atom. The van der Waals surface area contributed by atoms with Crippen molar-refractivity contribution in [2.45, 2.75) is 51.0 Å². The summed E-state index contributed by atoms with van der Waals surface area (Å²) < 4.78 is 15.1. The van der Waals surface area contributed by atoms with Gasteiger partial charge in [-0.05, 0) is 61.7 Å². The van der Waals surface area contributed by atoms with Crippen molar-refractivity contribution in [2.75, 3.05) is 18.9 Å². The van der Waals surface area contributed by atoms with E-state index in [0.717, 1.165) is 51.7 Å². The second kappa shape index (κ2) is 10.1. The summed E-state index contributed by atoms with van der Waals surface area (Å²) in [5.41, 5.74) is 8.14. The van der Waals surface area contributed by atoms with Gasteiger partial charge >= 0.3 is 0 Å². The van der Waals surface area contributed by atoms with Crippen LogP contribution in [0.2, 0.25) is 15.7 Å². The number of imidazole rings is 2. The molecule has 0 amide bonds. The number of nitrogen functional groups attached to an aromatic ring is 1. The number of fused-ring (bicyclic) bond motifs is 2. The summed E-state index contributed by atoms with van der Waals surface area (Å²) in [6.45, 7) is 1.52. The van der Waals surface area contributed by atoms with E-state index < -0.39 is 0 Å². The van der Waals surface area contributed by atoms with Gasteiger partial charge in [0.15, 0.2) is 22.3 Å². The zero-order valence-electron chi connectivity index (χ0n) is 18.1. The molecule has 2 fully saturated rings. The van der Waals surface area contributed by atoms with Gasteiger partial charge in [0.25, 0.3) is 0 Å². The van der Waals surface area contributed by atoms with Crippen LogP contribution in [0.15, 0.2) is 12.7 Å². The first-order chi connectivity index (χ1) is 16.5. The van der Waals surface area contributed by atoms with E-state index in [-0.39, 0.29) is 28.2 Å². The third-order valence-electron chi connectivity index (χ3n) is 5.70. The zero-order chi connectivity index (χ0) is 23.7. The van der Waals surface area contributed by atoms with E-state index in [9.17, 15) is 0 Å². The number of rotatable bonds is 2. The molecule has 4 aromatic rings. The smallest absolute Gasteiger partial charge is 0.226 e. The van der Waals surface area contributed by atoms with Gasteiger partial charge in [0.2, 0.25) is 10.6 Å². The van der Waals surface area contributed by atoms with Gasteiger partial charge in [0.1, 0.15) is 23.5 Å². The van der Waals surface area contributed by atoms with Crippen molar-refractivity contribution >= 4 is 62.9 Å². The van der Waals surface area contributed by atoms with Crippen LogP contribution in [0, 0.1) is 0 Å². The molecule has 2 N–H and O–H groups in total. The molecule has 2 unspecified atom stereocenters. The Morgan fingerprint density at radius 1 is 0.735 bits per heavy atom. The maximum absolute atomic E-state index is 5.96. The fourth-order valence-corrected chi connectivity index (χ4v) is 4.67. The van der Waals surface area contributed by atoms with Gasteiger partial charge in [-0.15, -0.1) is 0 Å². The minimum Gasteiger partial charge on any atom is -0.382 e. The van der Waals surface area contributed by atoms with Crippen LogP contribution >= 0.6 is 34.8 Å². The van der Waals surface area contributed by atoms with Crippen LogP contribution in [0.1, 0.15) is 51.0 Å². The van der Waals surface area contributed by atoms with Gasteiger partial charge in [-0.25, -0.2) is 15.0 Å². The van der Waals surface area contributed by atoms with Crippen molar-refractivity contribution in [3.05, 3.63) is 28.4 Å². The highest BCUT2D eigenvalue weighted by Crippen LogP contribution is 2.29. The van der Waals surface area contributed by atoms with Crippen molar-refractivity contribution < 1.29 is 9.47 Å². The van der Waals surface area contributed by atoms with Crippen LogP contribution in [0.3, 0.4) is 0 Å². The van der Waals surface area contributed by atoms with Crippen molar-refractivity contribution in [2.24, 2.45) is 0 Å².